The van der Waals surface area contributed by atoms with E-state index in [0.29, 0.717) is 30.3 Å². The van der Waals surface area contributed by atoms with E-state index in [9.17, 15) is 5.11 Å². The van der Waals surface area contributed by atoms with Crippen LogP contribution in [0.1, 0.15) is 6.42 Å². The second-order valence-electron chi connectivity index (χ2n) is 5.72. The Morgan fingerprint density at radius 2 is 2.00 bits per heavy atom. The Balaban J connectivity index is 1.88. The van der Waals surface area contributed by atoms with Crippen LogP contribution in [0, 0.1) is 0 Å². The molecular formula is C17H23N5O2. The molecule has 1 aromatic carbocycles. The molecule has 2 aromatic rings. The second-order valence-corrected chi connectivity index (χ2v) is 5.72. The van der Waals surface area contributed by atoms with Gasteiger partial charge in [0.1, 0.15) is 5.75 Å². The van der Waals surface area contributed by atoms with Crippen molar-refractivity contribution in [1.29, 1.82) is 0 Å². The summed E-state index contributed by atoms with van der Waals surface area (Å²) in [7, 11) is 0. The monoisotopic (exact) mass is 329 g/mol. The van der Waals surface area contributed by atoms with Crippen LogP contribution >= 0.6 is 0 Å². The maximum absolute atomic E-state index is 10.0. The van der Waals surface area contributed by atoms with Crippen LogP contribution in [-0.2, 0) is 4.74 Å². The molecule has 1 fully saturated rings. The van der Waals surface area contributed by atoms with Gasteiger partial charge in [-0.05, 0) is 31.2 Å². The molecule has 0 spiro atoms. The van der Waals surface area contributed by atoms with E-state index < -0.39 is 0 Å². The number of nitrogens with one attached hydrogen (secondary N) is 1. The minimum absolute atomic E-state index is 0.177. The topological polar surface area (TPSA) is 96.5 Å². The van der Waals surface area contributed by atoms with Gasteiger partial charge in [-0.15, -0.1) is 10.2 Å². The zero-order chi connectivity index (χ0) is 16.8. The number of nitrogens with two attached hydrogens (primary N) is 1. The molecule has 0 saturated carbocycles. The van der Waals surface area contributed by atoms with Crippen LogP contribution in [0.3, 0.4) is 0 Å². The quantitative estimate of drug-likeness (QED) is 0.763. The molecule has 0 aliphatic carbocycles. The highest BCUT2D eigenvalue weighted by molar-refractivity contribution is 5.73. The maximum Gasteiger partial charge on any atom is 0.169 e. The molecular weight excluding hydrogens is 306 g/mol. The van der Waals surface area contributed by atoms with Crippen LogP contribution in [-0.4, -0.2) is 54.7 Å². The Bertz CT molecular complexity index is 670. The number of phenols is 1. The van der Waals surface area contributed by atoms with Crippen LogP contribution < -0.4 is 16.0 Å². The van der Waals surface area contributed by atoms with Gasteiger partial charge in [-0.3, -0.25) is 0 Å². The molecule has 0 unspecified atom stereocenters. The van der Waals surface area contributed by atoms with E-state index in [1.807, 2.05) is 18.2 Å². The number of nitrogens with zero attached hydrogens (tertiary/aromatic N) is 3. The van der Waals surface area contributed by atoms with Crippen molar-refractivity contribution in [2.45, 2.75) is 6.42 Å². The van der Waals surface area contributed by atoms with Crippen molar-refractivity contribution >= 4 is 11.5 Å². The van der Waals surface area contributed by atoms with Gasteiger partial charge in [0, 0.05) is 25.2 Å². The van der Waals surface area contributed by atoms with Gasteiger partial charge in [0.05, 0.1) is 24.6 Å². The summed E-state index contributed by atoms with van der Waals surface area (Å²) in [6.45, 7) is 4.76. The van der Waals surface area contributed by atoms with Gasteiger partial charge in [0.2, 0.25) is 0 Å². The zero-order valence-corrected chi connectivity index (χ0v) is 13.6. The molecule has 1 aromatic heterocycles. The molecule has 1 saturated heterocycles. The summed E-state index contributed by atoms with van der Waals surface area (Å²) in [6, 6.07) is 8.97. The Labute approximate surface area is 141 Å². The van der Waals surface area contributed by atoms with Gasteiger partial charge in [-0.25, -0.2) is 0 Å². The summed E-state index contributed by atoms with van der Waals surface area (Å²) in [5, 5.41) is 21.6. The Hall–Kier alpha value is -2.38. The van der Waals surface area contributed by atoms with Crippen molar-refractivity contribution in [3.8, 4) is 17.0 Å². The smallest absolute Gasteiger partial charge is 0.169 e. The minimum atomic E-state index is 0.177. The number of hydrogen-bond acceptors (Lipinski definition) is 7. The highest BCUT2D eigenvalue weighted by atomic mass is 16.5. The number of phenolic OH excluding ortho intramolecular Hbond substituents is 1. The number of para-hydroxylation sites is 1. The molecule has 0 bridgehead atoms. The van der Waals surface area contributed by atoms with Crippen LogP contribution in [0.4, 0.5) is 11.5 Å². The number of aromatic nitrogens is 2. The molecule has 7 heteroatoms. The summed E-state index contributed by atoms with van der Waals surface area (Å²) < 4.78 is 5.61. The van der Waals surface area contributed by atoms with Crippen molar-refractivity contribution in [1.82, 2.24) is 15.5 Å². The largest absolute Gasteiger partial charge is 0.507 e. The van der Waals surface area contributed by atoms with E-state index in [-0.39, 0.29) is 5.75 Å². The van der Waals surface area contributed by atoms with E-state index in [1.165, 1.54) is 0 Å². The average molecular weight is 329 g/mol. The SMILES string of the molecule is Nc1nnc(-c2ccccc2O)cc1N1CCCNCCOCC1. The Kier molecular flexibility index (Phi) is 5.45. The van der Waals surface area contributed by atoms with Crippen LogP contribution in [0.25, 0.3) is 11.3 Å². The lowest BCUT2D eigenvalue weighted by Gasteiger charge is -2.27. The van der Waals surface area contributed by atoms with Crippen molar-refractivity contribution in [2.75, 3.05) is 50.0 Å². The predicted octanol–water partition coefficient (Wildman–Crippen LogP) is 1.25. The highest BCUT2D eigenvalue weighted by Gasteiger charge is 2.15. The lowest BCUT2D eigenvalue weighted by Crippen LogP contribution is -2.34. The first-order valence-electron chi connectivity index (χ1n) is 8.20. The first-order chi connectivity index (χ1) is 11.8. The number of rotatable bonds is 2. The van der Waals surface area contributed by atoms with E-state index in [4.69, 9.17) is 10.5 Å². The Morgan fingerprint density at radius 1 is 1.12 bits per heavy atom. The van der Waals surface area contributed by atoms with E-state index >= 15 is 0 Å². The fraction of sp³-hybridized carbons (Fsp3) is 0.412. The molecule has 0 radical (unpaired) electrons. The van der Waals surface area contributed by atoms with Crippen molar-refractivity contribution in [3.63, 3.8) is 0 Å². The summed E-state index contributed by atoms with van der Waals surface area (Å²) >= 11 is 0. The third kappa shape index (κ3) is 3.93. The van der Waals surface area contributed by atoms with E-state index in [1.54, 1.807) is 12.1 Å². The summed E-state index contributed by atoms with van der Waals surface area (Å²) in [5.74, 6) is 0.565. The molecule has 3 rings (SSSR count). The van der Waals surface area contributed by atoms with Crippen molar-refractivity contribution in [2.24, 2.45) is 0 Å². The number of hydrogen-bond donors (Lipinski definition) is 3. The molecule has 128 valence electrons. The van der Waals surface area contributed by atoms with E-state index in [2.05, 4.69) is 20.4 Å². The summed E-state index contributed by atoms with van der Waals surface area (Å²) in [6.07, 6.45) is 1.01. The normalized spacial score (nSPS) is 16.8. The molecule has 0 atom stereocenters. The van der Waals surface area contributed by atoms with Gasteiger partial charge >= 0.3 is 0 Å². The molecule has 4 N–H and O–H groups in total. The standard InChI is InChI=1S/C17H23N5O2/c18-17-15(22-8-3-6-19-7-10-24-11-9-22)12-14(20-21-17)13-4-1-2-5-16(13)23/h1-2,4-5,12,19,23H,3,6-11H2,(H2,18,21). The Morgan fingerprint density at radius 3 is 2.88 bits per heavy atom. The van der Waals surface area contributed by atoms with Gasteiger partial charge in [-0.1, -0.05) is 12.1 Å². The van der Waals surface area contributed by atoms with Gasteiger partial charge in [-0.2, -0.15) is 0 Å². The number of nitrogen functional groups attached to an aromatic ring is 1. The van der Waals surface area contributed by atoms with Crippen molar-refractivity contribution in [3.05, 3.63) is 30.3 Å². The van der Waals surface area contributed by atoms with Crippen molar-refractivity contribution < 1.29 is 9.84 Å². The highest BCUT2D eigenvalue weighted by Crippen LogP contribution is 2.31. The van der Waals surface area contributed by atoms with Gasteiger partial charge < -0.3 is 25.8 Å². The zero-order valence-electron chi connectivity index (χ0n) is 13.6. The van der Waals surface area contributed by atoms with Crippen LogP contribution in [0.5, 0.6) is 5.75 Å². The summed E-state index contributed by atoms with van der Waals surface area (Å²) in [5.41, 5.74) is 8.14. The van der Waals surface area contributed by atoms with E-state index in [0.717, 1.165) is 38.3 Å². The number of ether oxygens (including phenoxy) is 1. The lowest BCUT2D eigenvalue weighted by atomic mass is 10.1. The first kappa shape index (κ1) is 16.5. The van der Waals surface area contributed by atoms with Gasteiger partial charge in [0.15, 0.2) is 5.82 Å². The van der Waals surface area contributed by atoms with Gasteiger partial charge in [0.25, 0.3) is 0 Å². The number of benzene rings is 1. The van der Waals surface area contributed by atoms with Crippen LogP contribution in [0.15, 0.2) is 30.3 Å². The third-order valence-electron chi connectivity index (χ3n) is 4.03. The minimum Gasteiger partial charge on any atom is -0.507 e. The lowest BCUT2D eigenvalue weighted by molar-refractivity contribution is 0.140. The molecule has 24 heavy (non-hydrogen) atoms. The molecule has 0 amide bonds. The fourth-order valence-electron chi connectivity index (χ4n) is 2.76. The third-order valence-corrected chi connectivity index (χ3v) is 4.03. The molecule has 2 heterocycles. The number of aromatic hydroxyl groups is 1. The predicted molar refractivity (Wildman–Crippen MR) is 94.1 cm³/mol. The first-order valence-corrected chi connectivity index (χ1v) is 8.20. The van der Waals surface area contributed by atoms with Crippen LogP contribution in [0.2, 0.25) is 0 Å². The summed E-state index contributed by atoms with van der Waals surface area (Å²) in [4.78, 5) is 2.17. The second kappa shape index (κ2) is 7.94. The average Bonchev–Trinajstić information content (AvgIpc) is 2.61. The molecule has 1 aliphatic heterocycles. The fourth-order valence-corrected chi connectivity index (χ4v) is 2.76. The molecule has 7 nitrogen and oxygen atoms in total. The maximum atomic E-state index is 10.0. The number of anilines is 2. The molecule has 1 aliphatic rings.